The fourth-order valence-electron chi connectivity index (χ4n) is 1.16. The Labute approximate surface area is 83.8 Å². The molecule has 78 valence electrons. The van der Waals surface area contributed by atoms with E-state index in [4.69, 9.17) is 0 Å². The van der Waals surface area contributed by atoms with Gasteiger partial charge in [-0.15, -0.1) is 0 Å². The maximum Gasteiger partial charge on any atom is 0.217 e. The largest absolute Gasteiger partial charge is 0.370 e. The second-order valence-corrected chi connectivity index (χ2v) is 3.69. The summed E-state index contributed by atoms with van der Waals surface area (Å²) >= 11 is 0. The molecule has 0 saturated carbocycles. The third kappa shape index (κ3) is 4.16. The van der Waals surface area contributed by atoms with Crippen LogP contribution in [0, 0.1) is 11.9 Å². The topological polar surface area (TPSA) is 37.8 Å². The van der Waals surface area contributed by atoms with Crippen molar-refractivity contribution in [2.45, 2.75) is 26.7 Å². The normalized spacial score (nSPS) is 10.6. The van der Waals surface area contributed by atoms with Crippen LogP contribution >= 0.6 is 0 Å². The number of nitrogens with zero attached hydrogens (tertiary/aromatic N) is 2. The first-order chi connectivity index (χ1) is 6.68. The van der Waals surface area contributed by atoms with E-state index in [0.717, 1.165) is 13.0 Å². The lowest BCUT2D eigenvalue weighted by atomic mass is 10.1. The van der Waals surface area contributed by atoms with E-state index in [0.29, 0.717) is 11.7 Å². The quantitative estimate of drug-likeness (QED) is 0.582. The molecule has 0 spiro atoms. The van der Waals surface area contributed by atoms with Crippen molar-refractivity contribution in [3.05, 3.63) is 18.3 Å². The number of halogens is 1. The van der Waals surface area contributed by atoms with E-state index >= 15 is 0 Å². The Balaban J connectivity index is 2.25. The summed E-state index contributed by atoms with van der Waals surface area (Å²) in [5.74, 6) is 0.770. The molecule has 1 N–H and O–H groups in total. The molecule has 1 heterocycles. The SMILES string of the molecule is CC(C)CCCNc1cc(F)ncn1. The summed E-state index contributed by atoms with van der Waals surface area (Å²) in [6.45, 7) is 5.20. The molecule has 0 saturated heterocycles. The molecule has 0 bridgehead atoms. The highest BCUT2D eigenvalue weighted by Crippen LogP contribution is 2.05. The summed E-state index contributed by atoms with van der Waals surface area (Å²) in [6, 6.07) is 1.30. The van der Waals surface area contributed by atoms with Crippen molar-refractivity contribution in [1.82, 2.24) is 9.97 Å². The van der Waals surface area contributed by atoms with Crippen LogP contribution in [0.4, 0.5) is 10.2 Å². The van der Waals surface area contributed by atoms with Gasteiger partial charge in [0.25, 0.3) is 0 Å². The number of anilines is 1. The molecule has 1 aromatic heterocycles. The van der Waals surface area contributed by atoms with Crippen LogP contribution in [0.3, 0.4) is 0 Å². The van der Waals surface area contributed by atoms with E-state index in [1.807, 2.05) is 0 Å². The van der Waals surface area contributed by atoms with Gasteiger partial charge in [-0.05, 0) is 18.8 Å². The summed E-state index contributed by atoms with van der Waals surface area (Å²) in [7, 11) is 0. The van der Waals surface area contributed by atoms with Crippen molar-refractivity contribution >= 4 is 5.82 Å². The van der Waals surface area contributed by atoms with E-state index in [9.17, 15) is 4.39 Å². The summed E-state index contributed by atoms with van der Waals surface area (Å²) in [5, 5.41) is 3.05. The lowest BCUT2D eigenvalue weighted by Crippen LogP contribution is -2.05. The average molecular weight is 197 g/mol. The molecule has 0 aliphatic heterocycles. The van der Waals surface area contributed by atoms with Gasteiger partial charge in [0.15, 0.2) is 0 Å². The van der Waals surface area contributed by atoms with Gasteiger partial charge >= 0.3 is 0 Å². The Morgan fingerprint density at radius 1 is 1.43 bits per heavy atom. The molecule has 1 aromatic rings. The van der Waals surface area contributed by atoms with Gasteiger partial charge < -0.3 is 5.32 Å². The molecule has 0 atom stereocenters. The van der Waals surface area contributed by atoms with Crippen LogP contribution in [0.1, 0.15) is 26.7 Å². The fraction of sp³-hybridized carbons (Fsp3) is 0.600. The van der Waals surface area contributed by atoms with Gasteiger partial charge in [0.1, 0.15) is 12.1 Å². The lowest BCUT2D eigenvalue weighted by Gasteiger charge is -2.06. The molecule has 0 aliphatic rings. The Kier molecular flexibility index (Phi) is 4.29. The zero-order valence-corrected chi connectivity index (χ0v) is 8.63. The number of rotatable bonds is 5. The van der Waals surface area contributed by atoms with E-state index < -0.39 is 5.95 Å². The van der Waals surface area contributed by atoms with E-state index in [-0.39, 0.29) is 0 Å². The summed E-state index contributed by atoms with van der Waals surface area (Å²) in [6.07, 6.45) is 3.46. The van der Waals surface area contributed by atoms with Gasteiger partial charge in [-0.3, -0.25) is 0 Å². The Hall–Kier alpha value is -1.19. The number of hydrogen-bond acceptors (Lipinski definition) is 3. The molecule has 0 amide bonds. The van der Waals surface area contributed by atoms with Gasteiger partial charge in [0.2, 0.25) is 5.95 Å². The minimum atomic E-state index is -0.494. The monoisotopic (exact) mass is 197 g/mol. The van der Waals surface area contributed by atoms with E-state index in [1.54, 1.807) is 0 Å². The zero-order valence-electron chi connectivity index (χ0n) is 8.63. The predicted octanol–water partition coefficient (Wildman–Crippen LogP) is 2.46. The van der Waals surface area contributed by atoms with Crippen molar-refractivity contribution in [2.75, 3.05) is 11.9 Å². The van der Waals surface area contributed by atoms with Crippen LogP contribution < -0.4 is 5.32 Å². The van der Waals surface area contributed by atoms with Crippen molar-refractivity contribution < 1.29 is 4.39 Å². The first-order valence-corrected chi connectivity index (χ1v) is 4.90. The number of nitrogens with one attached hydrogen (secondary N) is 1. The molecule has 3 nitrogen and oxygen atoms in total. The lowest BCUT2D eigenvalue weighted by molar-refractivity contribution is 0.565. The van der Waals surface area contributed by atoms with Crippen LogP contribution in [-0.4, -0.2) is 16.5 Å². The predicted molar refractivity (Wildman–Crippen MR) is 54.6 cm³/mol. The third-order valence-electron chi connectivity index (χ3n) is 1.90. The van der Waals surface area contributed by atoms with Gasteiger partial charge in [-0.1, -0.05) is 13.8 Å². The minimum absolute atomic E-state index is 0.494. The van der Waals surface area contributed by atoms with Crippen LogP contribution in [0.5, 0.6) is 0 Å². The zero-order chi connectivity index (χ0) is 10.4. The average Bonchev–Trinajstić information content (AvgIpc) is 2.12. The Morgan fingerprint density at radius 2 is 2.21 bits per heavy atom. The van der Waals surface area contributed by atoms with Crippen molar-refractivity contribution in [3.63, 3.8) is 0 Å². The molecule has 0 unspecified atom stereocenters. The molecular weight excluding hydrogens is 181 g/mol. The van der Waals surface area contributed by atoms with Crippen molar-refractivity contribution in [1.29, 1.82) is 0 Å². The van der Waals surface area contributed by atoms with E-state index in [2.05, 4.69) is 29.1 Å². The van der Waals surface area contributed by atoms with Gasteiger partial charge in [-0.25, -0.2) is 9.97 Å². The molecule has 14 heavy (non-hydrogen) atoms. The van der Waals surface area contributed by atoms with Crippen LogP contribution in [0.25, 0.3) is 0 Å². The molecular formula is C10H16FN3. The van der Waals surface area contributed by atoms with Gasteiger partial charge in [0, 0.05) is 12.6 Å². The highest BCUT2D eigenvalue weighted by Gasteiger charge is 1.97. The van der Waals surface area contributed by atoms with Crippen LogP contribution in [0.2, 0.25) is 0 Å². The molecule has 4 heteroatoms. The minimum Gasteiger partial charge on any atom is -0.370 e. The highest BCUT2D eigenvalue weighted by molar-refractivity contribution is 5.31. The van der Waals surface area contributed by atoms with E-state index in [1.165, 1.54) is 18.8 Å². The second kappa shape index (κ2) is 5.52. The molecule has 0 aromatic carbocycles. The number of hydrogen-bond donors (Lipinski definition) is 1. The van der Waals surface area contributed by atoms with Crippen LogP contribution in [-0.2, 0) is 0 Å². The van der Waals surface area contributed by atoms with Gasteiger partial charge in [0.05, 0.1) is 0 Å². The first kappa shape index (κ1) is 10.9. The van der Waals surface area contributed by atoms with Crippen molar-refractivity contribution in [3.8, 4) is 0 Å². The Bertz CT molecular complexity index is 276. The number of aromatic nitrogens is 2. The summed E-state index contributed by atoms with van der Waals surface area (Å²) in [5.41, 5.74) is 0. The second-order valence-electron chi connectivity index (χ2n) is 3.69. The maximum absolute atomic E-state index is 12.6. The van der Waals surface area contributed by atoms with Crippen LogP contribution in [0.15, 0.2) is 12.4 Å². The smallest absolute Gasteiger partial charge is 0.217 e. The third-order valence-corrected chi connectivity index (χ3v) is 1.90. The standard InChI is InChI=1S/C10H16FN3/c1-8(2)4-3-5-12-10-6-9(11)13-7-14-10/h6-8H,3-5H2,1-2H3,(H,12,13,14). The summed E-state index contributed by atoms with van der Waals surface area (Å²) < 4.78 is 12.6. The maximum atomic E-state index is 12.6. The molecule has 0 aliphatic carbocycles. The van der Waals surface area contributed by atoms with Gasteiger partial charge in [-0.2, -0.15) is 4.39 Å². The highest BCUT2D eigenvalue weighted by atomic mass is 19.1. The summed E-state index contributed by atoms with van der Waals surface area (Å²) in [4.78, 5) is 7.27. The molecule has 1 rings (SSSR count). The Morgan fingerprint density at radius 3 is 2.86 bits per heavy atom. The first-order valence-electron chi connectivity index (χ1n) is 4.90. The molecule has 0 fully saturated rings. The van der Waals surface area contributed by atoms with Crippen molar-refractivity contribution in [2.24, 2.45) is 5.92 Å². The fourth-order valence-corrected chi connectivity index (χ4v) is 1.16. The molecule has 0 radical (unpaired) electrons.